The Morgan fingerprint density at radius 2 is 2.33 bits per heavy atom. The van der Waals surface area contributed by atoms with Gasteiger partial charge in [-0.2, -0.15) is 5.21 Å². The minimum Gasteiger partial charge on any atom is -0.359 e. The number of nitrogens with zero attached hydrogens (tertiary/aromatic N) is 6. The number of hydrogen-bond acceptors (Lipinski definition) is 7. The van der Waals surface area contributed by atoms with Crippen molar-refractivity contribution in [3.63, 3.8) is 0 Å². The van der Waals surface area contributed by atoms with Crippen LogP contribution in [0.1, 0.15) is 17.4 Å². The van der Waals surface area contributed by atoms with Gasteiger partial charge in [0.1, 0.15) is 11.5 Å². The highest BCUT2D eigenvalue weighted by molar-refractivity contribution is 6.01. The molecule has 0 aliphatic rings. The Hall–Kier alpha value is -2.58. The Morgan fingerprint density at radius 1 is 1.50 bits per heavy atom. The first kappa shape index (κ1) is 11.9. The van der Waals surface area contributed by atoms with Crippen LogP contribution in [0.2, 0.25) is 0 Å². The van der Waals surface area contributed by atoms with Gasteiger partial charge in [-0.05, 0) is 12.1 Å². The summed E-state index contributed by atoms with van der Waals surface area (Å²) < 4.78 is 0. The normalized spacial score (nSPS) is 10.1. The average molecular weight is 248 g/mol. The van der Waals surface area contributed by atoms with E-state index >= 15 is 0 Å². The van der Waals surface area contributed by atoms with Crippen LogP contribution in [0.15, 0.2) is 12.4 Å². The van der Waals surface area contributed by atoms with Gasteiger partial charge in [-0.15, -0.1) is 5.10 Å². The molecule has 0 saturated heterocycles. The molecule has 0 saturated carbocycles. The first-order valence-electron chi connectivity index (χ1n) is 5.28. The molecule has 1 amide bonds. The molecule has 0 unspecified atom stereocenters. The fraction of sp³-hybridized carbons (Fsp3) is 0.333. The Morgan fingerprint density at radius 3 is 3.00 bits per heavy atom. The molecule has 0 aliphatic heterocycles. The monoisotopic (exact) mass is 248 g/mol. The third-order valence-corrected chi connectivity index (χ3v) is 2.29. The van der Waals surface area contributed by atoms with Crippen molar-refractivity contribution in [2.75, 3.05) is 23.8 Å². The van der Waals surface area contributed by atoms with Crippen LogP contribution in [0, 0.1) is 0 Å². The van der Waals surface area contributed by atoms with Gasteiger partial charge in [0.2, 0.25) is 0 Å². The van der Waals surface area contributed by atoms with Crippen LogP contribution in [-0.2, 0) is 0 Å². The van der Waals surface area contributed by atoms with Crippen molar-refractivity contribution in [3.8, 4) is 0 Å². The highest BCUT2D eigenvalue weighted by atomic mass is 16.2. The highest BCUT2D eigenvalue weighted by Gasteiger charge is 2.12. The first-order valence-corrected chi connectivity index (χ1v) is 5.28. The standard InChI is InChI=1S/C9H12N8O/c1-3-17(2)7-5-10-4-6(11-7)8(18)12-9-13-15-16-14-9/h4-5H,3H2,1-2H3,(H2,12,13,14,15,16,18). The summed E-state index contributed by atoms with van der Waals surface area (Å²) in [5.74, 6) is 0.282. The van der Waals surface area contributed by atoms with Gasteiger partial charge in [0.05, 0.1) is 12.4 Å². The molecule has 0 aromatic carbocycles. The van der Waals surface area contributed by atoms with Crippen LogP contribution in [0.3, 0.4) is 0 Å². The van der Waals surface area contributed by atoms with E-state index in [1.165, 1.54) is 6.20 Å². The van der Waals surface area contributed by atoms with E-state index in [4.69, 9.17) is 0 Å². The van der Waals surface area contributed by atoms with Gasteiger partial charge in [0, 0.05) is 13.6 Å². The molecule has 9 nitrogen and oxygen atoms in total. The lowest BCUT2D eigenvalue weighted by molar-refractivity contribution is 0.102. The fourth-order valence-electron chi connectivity index (χ4n) is 1.19. The molecular formula is C9H12N8O. The van der Waals surface area contributed by atoms with Gasteiger partial charge >= 0.3 is 0 Å². The maximum atomic E-state index is 11.8. The minimum absolute atomic E-state index is 0.0936. The van der Waals surface area contributed by atoms with E-state index in [1.54, 1.807) is 6.20 Å². The summed E-state index contributed by atoms with van der Waals surface area (Å²) in [5.41, 5.74) is 0.192. The molecule has 2 aromatic heterocycles. The predicted octanol–water partition coefficient (Wildman–Crippen LogP) is -0.302. The van der Waals surface area contributed by atoms with E-state index < -0.39 is 5.91 Å². The van der Waals surface area contributed by atoms with Crippen LogP contribution in [-0.4, -0.2) is 50.1 Å². The van der Waals surface area contributed by atoms with Gasteiger partial charge in [-0.25, -0.2) is 4.98 Å². The van der Waals surface area contributed by atoms with Gasteiger partial charge < -0.3 is 4.90 Å². The van der Waals surface area contributed by atoms with E-state index in [0.29, 0.717) is 5.82 Å². The topological polar surface area (TPSA) is 113 Å². The third-order valence-electron chi connectivity index (χ3n) is 2.29. The number of anilines is 2. The molecular weight excluding hydrogens is 236 g/mol. The van der Waals surface area contributed by atoms with Crippen molar-refractivity contribution in [3.05, 3.63) is 18.1 Å². The average Bonchev–Trinajstić information content (AvgIpc) is 2.90. The van der Waals surface area contributed by atoms with Gasteiger partial charge in [-0.1, -0.05) is 5.10 Å². The molecule has 0 radical (unpaired) electrons. The van der Waals surface area contributed by atoms with Crippen LogP contribution in [0.25, 0.3) is 0 Å². The predicted molar refractivity (Wildman–Crippen MR) is 63.1 cm³/mol. The minimum atomic E-state index is -0.435. The molecule has 0 atom stereocenters. The Kier molecular flexibility index (Phi) is 3.41. The summed E-state index contributed by atoms with van der Waals surface area (Å²) in [6.07, 6.45) is 2.97. The zero-order valence-electron chi connectivity index (χ0n) is 9.95. The summed E-state index contributed by atoms with van der Waals surface area (Å²) in [6.45, 7) is 2.75. The van der Waals surface area contributed by atoms with E-state index in [9.17, 15) is 4.79 Å². The number of H-pyrrole nitrogens is 1. The van der Waals surface area contributed by atoms with Gasteiger partial charge in [-0.3, -0.25) is 15.1 Å². The van der Waals surface area contributed by atoms with E-state index in [2.05, 4.69) is 35.9 Å². The Labute approximate surface area is 103 Å². The molecule has 2 rings (SSSR count). The fourth-order valence-corrected chi connectivity index (χ4v) is 1.19. The van der Waals surface area contributed by atoms with E-state index in [1.807, 2.05) is 18.9 Å². The second-order valence-corrected chi connectivity index (χ2v) is 3.47. The molecule has 94 valence electrons. The summed E-state index contributed by atoms with van der Waals surface area (Å²) in [7, 11) is 1.87. The van der Waals surface area contributed by atoms with Crippen LogP contribution in [0.4, 0.5) is 11.8 Å². The molecule has 2 N–H and O–H groups in total. The SMILES string of the molecule is CCN(C)c1cncc(C(=O)Nc2nn[nH]n2)n1. The third kappa shape index (κ3) is 2.56. The number of rotatable bonds is 4. The largest absolute Gasteiger partial charge is 0.359 e. The second kappa shape index (κ2) is 5.17. The molecule has 0 aliphatic carbocycles. The first-order chi connectivity index (χ1) is 8.70. The number of aromatic nitrogens is 6. The summed E-state index contributed by atoms with van der Waals surface area (Å²) in [5, 5.41) is 15.3. The smallest absolute Gasteiger partial charge is 0.278 e. The van der Waals surface area contributed by atoms with E-state index in [0.717, 1.165) is 6.54 Å². The van der Waals surface area contributed by atoms with Crippen molar-refractivity contribution in [1.29, 1.82) is 0 Å². The lowest BCUT2D eigenvalue weighted by Gasteiger charge is -2.15. The molecule has 2 aromatic rings. The molecule has 0 bridgehead atoms. The van der Waals surface area contributed by atoms with Crippen LogP contribution in [0.5, 0.6) is 0 Å². The van der Waals surface area contributed by atoms with Crippen LogP contribution >= 0.6 is 0 Å². The maximum Gasteiger partial charge on any atom is 0.278 e. The molecule has 0 spiro atoms. The maximum absolute atomic E-state index is 11.8. The van der Waals surface area contributed by atoms with Crippen molar-refractivity contribution in [1.82, 2.24) is 30.6 Å². The number of carbonyl (C=O) groups is 1. The summed E-state index contributed by atoms with van der Waals surface area (Å²) in [4.78, 5) is 21.9. The van der Waals surface area contributed by atoms with Gasteiger partial charge in [0.15, 0.2) is 0 Å². The summed E-state index contributed by atoms with van der Waals surface area (Å²) >= 11 is 0. The zero-order valence-corrected chi connectivity index (χ0v) is 9.95. The lowest BCUT2D eigenvalue weighted by Crippen LogP contribution is -2.20. The van der Waals surface area contributed by atoms with Gasteiger partial charge in [0.25, 0.3) is 11.9 Å². The number of hydrogen-bond donors (Lipinski definition) is 2. The summed E-state index contributed by atoms with van der Waals surface area (Å²) in [6, 6.07) is 0. The second-order valence-electron chi connectivity index (χ2n) is 3.47. The molecule has 0 fully saturated rings. The van der Waals surface area contributed by atoms with Crippen molar-refractivity contribution in [2.45, 2.75) is 6.92 Å². The van der Waals surface area contributed by atoms with Crippen molar-refractivity contribution in [2.24, 2.45) is 0 Å². The number of carbonyl (C=O) groups excluding carboxylic acids is 1. The zero-order chi connectivity index (χ0) is 13.0. The molecule has 9 heteroatoms. The quantitative estimate of drug-likeness (QED) is 0.763. The lowest BCUT2D eigenvalue weighted by atomic mass is 10.4. The molecule has 2 heterocycles. The van der Waals surface area contributed by atoms with Crippen molar-refractivity contribution >= 4 is 17.7 Å². The highest BCUT2D eigenvalue weighted by Crippen LogP contribution is 2.08. The number of aromatic amines is 1. The number of nitrogens with one attached hydrogen (secondary N) is 2. The Balaban J connectivity index is 2.15. The Bertz CT molecular complexity index is 525. The van der Waals surface area contributed by atoms with Crippen molar-refractivity contribution < 1.29 is 4.79 Å². The number of amides is 1. The van der Waals surface area contributed by atoms with Crippen LogP contribution < -0.4 is 10.2 Å². The molecule has 18 heavy (non-hydrogen) atoms. The number of tetrazole rings is 1. The van der Waals surface area contributed by atoms with E-state index in [-0.39, 0.29) is 11.6 Å².